The Hall–Kier alpha value is -2.66. The zero-order valence-electron chi connectivity index (χ0n) is 11.4. The summed E-state index contributed by atoms with van der Waals surface area (Å²) < 4.78 is 0. The van der Waals surface area contributed by atoms with Crippen LogP contribution < -0.4 is 5.32 Å². The number of halogens is 1. The molecule has 0 fully saturated rings. The van der Waals surface area contributed by atoms with Gasteiger partial charge in [-0.25, -0.2) is 4.79 Å². The molecule has 0 bridgehead atoms. The van der Waals surface area contributed by atoms with Crippen molar-refractivity contribution in [3.05, 3.63) is 71.0 Å². The van der Waals surface area contributed by atoms with Crippen LogP contribution in [0.1, 0.15) is 17.2 Å². The molecule has 0 spiro atoms. The smallest absolute Gasteiger partial charge is 0.330 e. The third-order valence-corrected chi connectivity index (χ3v) is 3.12. The van der Waals surface area contributed by atoms with Crippen molar-refractivity contribution in [2.45, 2.75) is 6.04 Å². The number of hydrogen-bond donors (Lipinski definition) is 2. The van der Waals surface area contributed by atoms with Crippen molar-refractivity contribution in [3.63, 3.8) is 0 Å². The number of aliphatic carboxylic acids is 1. The summed E-state index contributed by atoms with van der Waals surface area (Å²) in [5.41, 5.74) is 1.24. The van der Waals surface area contributed by atoms with E-state index < -0.39 is 17.9 Å². The van der Waals surface area contributed by atoms with Gasteiger partial charge in [-0.3, -0.25) is 9.78 Å². The van der Waals surface area contributed by atoms with E-state index in [1.165, 1.54) is 6.08 Å². The second-order valence-electron chi connectivity index (χ2n) is 4.45. The topological polar surface area (TPSA) is 79.3 Å². The van der Waals surface area contributed by atoms with Crippen LogP contribution in [0.25, 0.3) is 6.08 Å². The van der Waals surface area contributed by atoms with Crippen LogP contribution in [0, 0.1) is 0 Å². The highest BCUT2D eigenvalue weighted by Crippen LogP contribution is 2.17. The van der Waals surface area contributed by atoms with E-state index >= 15 is 0 Å². The Balaban J connectivity index is 2.08. The molecule has 0 radical (unpaired) electrons. The summed E-state index contributed by atoms with van der Waals surface area (Å²) in [6.45, 7) is 0. The van der Waals surface area contributed by atoms with E-state index in [-0.39, 0.29) is 0 Å². The van der Waals surface area contributed by atoms with Crippen LogP contribution in [0.2, 0.25) is 5.02 Å². The second kappa shape index (κ2) is 7.38. The van der Waals surface area contributed by atoms with Gasteiger partial charge in [0, 0.05) is 23.5 Å². The monoisotopic (exact) mass is 316 g/mol. The van der Waals surface area contributed by atoms with Gasteiger partial charge in [-0.05, 0) is 41.5 Å². The zero-order chi connectivity index (χ0) is 15.9. The first-order valence-corrected chi connectivity index (χ1v) is 6.81. The molecule has 0 aliphatic carbocycles. The van der Waals surface area contributed by atoms with Gasteiger partial charge in [0.05, 0.1) is 0 Å². The third-order valence-electron chi connectivity index (χ3n) is 2.87. The largest absolute Gasteiger partial charge is 0.479 e. The van der Waals surface area contributed by atoms with Crippen LogP contribution in [-0.2, 0) is 9.59 Å². The Morgan fingerprint density at radius 1 is 1.14 bits per heavy atom. The van der Waals surface area contributed by atoms with Gasteiger partial charge in [-0.2, -0.15) is 0 Å². The second-order valence-corrected chi connectivity index (χ2v) is 4.88. The van der Waals surface area contributed by atoms with Gasteiger partial charge in [-0.15, -0.1) is 0 Å². The van der Waals surface area contributed by atoms with Crippen molar-refractivity contribution in [2.24, 2.45) is 0 Å². The minimum atomic E-state index is -1.15. The summed E-state index contributed by atoms with van der Waals surface area (Å²) in [5, 5.41) is 12.2. The highest BCUT2D eigenvalue weighted by Gasteiger charge is 2.20. The molecule has 0 aliphatic heterocycles. The fourth-order valence-corrected chi connectivity index (χ4v) is 1.91. The molecule has 1 unspecified atom stereocenters. The van der Waals surface area contributed by atoms with Crippen molar-refractivity contribution in [2.75, 3.05) is 0 Å². The molecular weight excluding hydrogens is 304 g/mol. The minimum absolute atomic E-state index is 0.447. The lowest BCUT2D eigenvalue weighted by molar-refractivity contribution is -0.141. The van der Waals surface area contributed by atoms with Gasteiger partial charge in [-0.1, -0.05) is 23.7 Å². The molecule has 0 aliphatic rings. The van der Waals surface area contributed by atoms with E-state index in [9.17, 15) is 14.7 Å². The summed E-state index contributed by atoms with van der Waals surface area (Å²) in [6.07, 6.45) is 6.07. The van der Waals surface area contributed by atoms with E-state index in [2.05, 4.69) is 10.3 Å². The number of amides is 1. The molecule has 1 aromatic heterocycles. The molecule has 1 heterocycles. The standard InChI is InChI=1S/C16H13ClN2O3/c17-13-4-2-12(3-5-13)15(16(21)22)19-14(20)6-1-11-7-9-18-10-8-11/h1-10,15H,(H,19,20)(H,21,22)/b6-1+. The number of carboxylic acids is 1. The van der Waals surface area contributed by atoms with Crippen LogP contribution in [-0.4, -0.2) is 22.0 Å². The summed E-state index contributed by atoms with van der Waals surface area (Å²) in [4.78, 5) is 27.1. The van der Waals surface area contributed by atoms with Gasteiger partial charge in [0.1, 0.15) is 0 Å². The van der Waals surface area contributed by atoms with Crippen molar-refractivity contribution in [3.8, 4) is 0 Å². The number of carbonyl (C=O) groups is 2. The van der Waals surface area contributed by atoms with Crippen molar-refractivity contribution >= 4 is 29.6 Å². The Labute approximate surface area is 132 Å². The number of pyridine rings is 1. The van der Waals surface area contributed by atoms with E-state index in [1.54, 1.807) is 54.9 Å². The first-order valence-electron chi connectivity index (χ1n) is 6.43. The highest BCUT2D eigenvalue weighted by atomic mass is 35.5. The predicted octanol–water partition coefficient (Wildman–Crippen LogP) is 2.69. The number of carboxylic acid groups (broad SMARTS) is 1. The molecule has 1 atom stereocenters. The molecular formula is C16H13ClN2O3. The summed E-state index contributed by atoms with van der Waals surface area (Å²) in [5.74, 6) is -1.65. The van der Waals surface area contributed by atoms with Crippen LogP contribution in [0.4, 0.5) is 0 Å². The van der Waals surface area contributed by atoms with E-state index in [4.69, 9.17) is 11.6 Å². The molecule has 1 amide bonds. The molecule has 5 nitrogen and oxygen atoms in total. The minimum Gasteiger partial charge on any atom is -0.479 e. The van der Waals surface area contributed by atoms with E-state index in [0.29, 0.717) is 10.6 Å². The predicted molar refractivity (Wildman–Crippen MR) is 83.2 cm³/mol. The van der Waals surface area contributed by atoms with Crippen LogP contribution in [0.15, 0.2) is 54.9 Å². The lowest BCUT2D eigenvalue weighted by atomic mass is 10.1. The molecule has 0 saturated heterocycles. The van der Waals surface area contributed by atoms with Crippen molar-refractivity contribution in [1.82, 2.24) is 10.3 Å². The Kier molecular flexibility index (Phi) is 5.27. The van der Waals surface area contributed by atoms with Gasteiger partial charge < -0.3 is 10.4 Å². The summed E-state index contributed by atoms with van der Waals surface area (Å²) in [6, 6.07) is 8.61. The van der Waals surface area contributed by atoms with Crippen molar-refractivity contribution in [1.29, 1.82) is 0 Å². The Morgan fingerprint density at radius 3 is 2.36 bits per heavy atom. The normalized spacial score (nSPS) is 12.0. The zero-order valence-corrected chi connectivity index (χ0v) is 12.2. The van der Waals surface area contributed by atoms with Crippen LogP contribution in [0.3, 0.4) is 0 Å². The molecule has 0 saturated carbocycles. The molecule has 1 aromatic carbocycles. The average Bonchev–Trinajstić information content (AvgIpc) is 2.52. The number of carbonyl (C=O) groups excluding carboxylic acids is 1. The fourth-order valence-electron chi connectivity index (χ4n) is 1.78. The lowest BCUT2D eigenvalue weighted by Gasteiger charge is -2.13. The van der Waals surface area contributed by atoms with Crippen LogP contribution >= 0.6 is 11.6 Å². The third kappa shape index (κ3) is 4.43. The number of nitrogens with one attached hydrogen (secondary N) is 1. The number of aromatic nitrogens is 1. The Bertz CT molecular complexity index is 684. The number of benzene rings is 1. The van der Waals surface area contributed by atoms with Gasteiger partial charge in [0.25, 0.3) is 0 Å². The average molecular weight is 317 g/mol. The molecule has 2 N–H and O–H groups in total. The maximum absolute atomic E-state index is 11.9. The number of nitrogens with zero attached hydrogens (tertiary/aromatic N) is 1. The SMILES string of the molecule is O=C(/C=C/c1ccncc1)NC(C(=O)O)c1ccc(Cl)cc1. The molecule has 22 heavy (non-hydrogen) atoms. The first-order chi connectivity index (χ1) is 10.6. The highest BCUT2D eigenvalue weighted by molar-refractivity contribution is 6.30. The number of rotatable bonds is 5. The molecule has 2 aromatic rings. The molecule has 2 rings (SSSR count). The maximum atomic E-state index is 11.9. The Morgan fingerprint density at radius 2 is 1.77 bits per heavy atom. The maximum Gasteiger partial charge on any atom is 0.330 e. The summed E-state index contributed by atoms with van der Waals surface area (Å²) in [7, 11) is 0. The first kappa shape index (κ1) is 15.7. The van der Waals surface area contributed by atoms with E-state index in [1.807, 2.05) is 0 Å². The lowest BCUT2D eigenvalue weighted by Crippen LogP contribution is -2.32. The summed E-state index contributed by atoms with van der Waals surface area (Å²) >= 11 is 5.77. The molecule has 112 valence electrons. The van der Waals surface area contributed by atoms with E-state index in [0.717, 1.165) is 5.56 Å². The quantitative estimate of drug-likeness (QED) is 0.831. The van der Waals surface area contributed by atoms with Crippen LogP contribution in [0.5, 0.6) is 0 Å². The van der Waals surface area contributed by atoms with Gasteiger partial charge in [0.2, 0.25) is 5.91 Å². The number of hydrogen-bond acceptors (Lipinski definition) is 3. The van der Waals surface area contributed by atoms with Gasteiger partial charge >= 0.3 is 5.97 Å². The van der Waals surface area contributed by atoms with Gasteiger partial charge in [0.15, 0.2) is 6.04 Å². The van der Waals surface area contributed by atoms with Crippen molar-refractivity contribution < 1.29 is 14.7 Å². The molecule has 6 heteroatoms. The fraction of sp³-hybridized carbons (Fsp3) is 0.0625.